The van der Waals surface area contributed by atoms with Crippen LogP contribution in [0.25, 0.3) is 11.1 Å². The Kier molecular flexibility index (Phi) is 4.34. The molecule has 0 radical (unpaired) electrons. The third-order valence-electron chi connectivity index (χ3n) is 4.18. The molecule has 0 aliphatic carbocycles. The van der Waals surface area contributed by atoms with Crippen molar-refractivity contribution in [3.05, 3.63) is 40.7 Å². The number of oxazole rings is 1. The Hall–Kier alpha value is -1.77. The maximum absolute atomic E-state index is 5.89. The Morgan fingerprint density at radius 1 is 1.38 bits per heavy atom. The quantitative estimate of drug-likeness (QED) is 0.680. The van der Waals surface area contributed by atoms with E-state index in [2.05, 4.69) is 42.9 Å². The van der Waals surface area contributed by atoms with E-state index >= 15 is 0 Å². The summed E-state index contributed by atoms with van der Waals surface area (Å²) < 4.78 is 14.8. The van der Waals surface area contributed by atoms with Gasteiger partial charge in [-0.15, -0.1) is 10.2 Å². The molecule has 3 aromatic rings. The molecule has 0 bridgehead atoms. The molecule has 0 saturated carbocycles. The number of nitrogens with zero attached hydrogens (tertiary/aromatic N) is 5. The van der Waals surface area contributed by atoms with Crippen LogP contribution in [0.2, 0.25) is 0 Å². The van der Waals surface area contributed by atoms with Gasteiger partial charge in [0.2, 0.25) is 5.89 Å². The molecule has 1 aliphatic rings. The number of ether oxygens (including phenoxy) is 1. The molecule has 3 heterocycles. The van der Waals surface area contributed by atoms with E-state index in [-0.39, 0.29) is 6.10 Å². The Labute approximate surface area is 147 Å². The summed E-state index contributed by atoms with van der Waals surface area (Å²) in [5.41, 5.74) is 1.68. The van der Waals surface area contributed by atoms with Gasteiger partial charge in [0.05, 0.1) is 13.2 Å². The normalized spacial score (nSPS) is 19.2. The van der Waals surface area contributed by atoms with Gasteiger partial charge in [0.15, 0.2) is 11.4 Å². The third kappa shape index (κ3) is 3.09. The highest BCUT2D eigenvalue weighted by molar-refractivity contribution is 9.10. The summed E-state index contributed by atoms with van der Waals surface area (Å²) in [6, 6.07) is 5.87. The van der Waals surface area contributed by atoms with Crippen molar-refractivity contribution in [3.8, 4) is 0 Å². The number of morpholine rings is 1. The number of rotatable bonds is 4. The first-order chi connectivity index (χ1) is 11.7. The van der Waals surface area contributed by atoms with Gasteiger partial charge in [-0.2, -0.15) is 0 Å². The van der Waals surface area contributed by atoms with Crippen molar-refractivity contribution in [1.82, 2.24) is 24.6 Å². The molecular formula is C16H18BrN5O2. The minimum Gasteiger partial charge on any atom is -0.439 e. The van der Waals surface area contributed by atoms with Gasteiger partial charge in [0.1, 0.15) is 17.9 Å². The molecule has 126 valence electrons. The molecule has 4 rings (SSSR count). The summed E-state index contributed by atoms with van der Waals surface area (Å²) >= 11 is 3.45. The lowest BCUT2D eigenvalue weighted by Crippen LogP contribution is -2.38. The van der Waals surface area contributed by atoms with Crippen LogP contribution in [0.4, 0.5) is 0 Å². The van der Waals surface area contributed by atoms with Crippen LogP contribution in [0.5, 0.6) is 0 Å². The number of aryl methyl sites for hydroxylation is 1. The van der Waals surface area contributed by atoms with E-state index in [0.29, 0.717) is 13.2 Å². The number of halogens is 1. The number of benzene rings is 1. The Morgan fingerprint density at radius 2 is 2.29 bits per heavy atom. The summed E-state index contributed by atoms with van der Waals surface area (Å²) in [4.78, 5) is 6.85. The summed E-state index contributed by atoms with van der Waals surface area (Å²) in [6.07, 6.45) is 1.68. The molecular weight excluding hydrogens is 374 g/mol. The van der Waals surface area contributed by atoms with Gasteiger partial charge in [-0.25, -0.2) is 4.98 Å². The third-order valence-corrected chi connectivity index (χ3v) is 4.67. The number of hydrogen-bond donors (Lipinski definition) is 0. The van der Waals surface area contributed by atoms with Crippen molar-refractivity contribution >= 4 is 27.0 Å². The van der Waals surface area contributed by atoms with Crippen LogP contribution >= 0.6 is 15.9 Å². The molecule has 1 aromatic carbocycles. The van der Waals surface area contributed by atoms with E-state index < -0.39 is 0 Å². The second kappa shape index (κ2) is 6.62. The SMILES string of the molecule is CCn1cnnc1[C@@H]1CN(Cc2nc3ccc(Br)cc3o2)CCO1. The first kappa shape index (κ1) is 15.7. The topological polar surface area (TPSA) is 69.2 Å². The highest BCUT2D eigenvalue weighted by Crippen LogP contribution is 2.24. The van der Waals surface area contributed by atoms with Gasteiger partial charge >= 0.3 is 0 Å². The highest BCUT2D eigenvalue weighted by atomic mass is 79.9. The van der Waals surface area contributed by atoms with Crippen LogP contribution in [0.3, 0.4) is 0 Å². The molecule has 0 spiro atoms. The molecule has 0 unspecified atom stereocenters. The second-order valence-corrected chi connectivity index (χ2v) is 6.71. The van der Waals surface area contributed by atoms with E-state index in [9.17, 15) is 0 Å². The maximum Gasteiger partial charge on any atom is 0.209 e. The molecule has 0 N–H and O–H groups in total. The van der Waals surface area contributed by atoms with Gasteiger partial charge in [0.25, 0.3) is 0 Å². The van der Waals surface area contributed by atoms with Crippen molar-refractivity contribution in [2.75, 3.05) is 19.7 Å². The van der Waals surface area contributed by atoms with E-state index in [4.69, 9.17) is 9.15 Å². The molecule has 1 aliphatic heterocycles. The summed E-state index contributed by atoms with van der Waals surface area (Å²) in [5.74, 6) is 1.60. The van der Waals surface area contributed by atoms with Crippen LogP contribution in [0.1, 0.15) is 24.7 Å². The minimum atomic E-state index is -0.0697. The molecule has 0 amide bonds. The molecule has 1 atom stereocenters. The fourth-order valence-electron chi connectivity index (χ4n) is 2.96. The van der Waals surface area contributed by atoms with Gasteiger partial charge in [-0.05, 0) is 25.1 Å². The first-order valence-electron chi connectivity index (χ1n) is 7.99. The monoisotopic (exact) mass is 391 g/mol. The summed E-state index contributed by atoms with van der Waals surface area (Å²) in [7, 11) is 0. The van der Waals surface area contributed by atoms with Gasteiger partial charge < -0.3 is 13.7 Å². The molecule has 2 aromatic heterocycles. The van der Waals surface area contributed by atoms with Crippen molar-refractivity contribution in [3.63, 3.8) is 0 Å². The molecule has 1 fully saturated rings. The maximum atomic E-state index is 5.89. The second-order valence-electron chi connectivity index (χ2n) is 5.79. The fraction of sp³-hybridized carbons (Fsp3) is 0.438. The van der Waals surface area contributed by atoms with Crippen LogP contribution in [-0.4, -0.2) is 44.3 Å². The number of aromatic nitrogens is 4. The van der Waals surface area contributed by atoms with Crippen LogP contribution in [-0.2, 0) is 17.8 Å². The highest BCUT2D eigenvalue weighted by Gasteiger charge is 2.26. The molecule has 24 heavy (non-hydrogen) atoms. The summed E-state index contributed by atoms with van der Waals surface area (Å²) in [6.45, 7) is 5.83. The average molecular weight is 392 g/mol. The minimum absolute atomic E-state index is 0.0697. The number of hydrogen-bond acceptors (Lipinski definition) is 6. The van der Waals surface area contributed by atoms with Crippen molar-refractivity contribution in [2.24, 2.45) is 0 Å². The lowest BCUT2D eigenvalue weighted by atomic mass is 10.2. The van der Waals surface area contributed by atoms with E-state index in [1.165, 1.54) is 0 Å². The molecule has 8 heteroatoms. The van der Waals surface area contributed by atoms with Crippen molar-refractivity contribution in [1.29, 1.82) is 0 Å². The zero-order valence-electron chi connectivity index (χ0n) is 13.4. The first-order valence-corrected chi connectivity index (χ1v) is 8.79. The van der Waals surface area contributed by atoms with Crippen LogP contribution in [0.15, 0.2) is 33.4 Å². The fourth-order valence-corrected chi connectivity index (χ4v) is 3.30. The largest absolute Gasteiger partial charge is 0.439 e. The van der Waals surface area contributed by atoms with Crippen LogP contribution < -0.4 is 0 Å². The predicted octanol–water partition coefficient (Wildman–Crippen LogP) is 2.78. The summed E-state index contributed by atoms with van der Waals surface area (Å²) in [5, 5.41) is 8.21. The molecule has 7 nitrogen and oxygen atoms in total. The average Bonchev–Trinajstić information content (AvgIpc) is 3.20. The smallest absolute Gasteiger partial charge is 0.209 e. The van der Waals surface area contributed by atoms with Crippen molar-refractivity contribution in [2.45, 2.75) is 26.1 Å². The van der Waals surface area contributed by atoms with E-state index in [1.807, 2.05) is 22.8 Å². The number of fused-ring (bicyclic) bond motifs is 1. The Bertz CT molecular complexity index is 846. The van der Waals surface area contributed by atoms with Crippen LogP contribution in [0, 0.1) is 0 Å². The Morgan fingerprint density at radius 3 is 3.17 bits per heavy atom. The zero-order valence-corrected chi connectivity index (χ0v) is 14.9. The Balaban J connectivity index is 1.49. The van der Waals surface area contributed by atoms with Crippen molar-refractivity contribution < 1.29 is 9.15 Å². The van der Waals surface area contributed by atoms with E-state index in [1.54, 1.807) is 6.33 Å². The molecule has 1 saturated heterocycles. The van der Waals surface area contributed by atoms with Gasteiger partial charge in [-0.3, -0.25) is 4.90 Å². The zero-order chi connectivity index (χ0) is 16.5. The lowest BCUT2D eigenvalue weighted by Gasteiger charge is -2.31. The predicted molar refractivity (Wildman–Crippen MR) is 91.4 cm³/mol. The van der Waals surface area contributed by atoms with Gasteiger partial charge in [0, 0.05) is 24.1 Å². The van der Waals surface area contributed by atoms with Gasteiger partial charge in [-0.1, -0.05) is 15.9 Å². The standard InChI is InChI=1S/C16H18BrN5O2/c1-2-22-10-18-20-16(22)14-8-21(5-6-23-14)9-15-19-12-4-3-11(17)7-13(12)24-15/h3-4,7,10,14H,2,5-6,8-9H2,1H3/t14-/m0/s1. The van der Waals surface area contributed by atoms with E-state index in [0.717, 1.165) is 46.9 Å². The lowest BCUT2D eigenvalue weighted by molar-refractivity contribution is -0.0408.